The number of H-pyrrole nitrogens is 1. The van der Waals surface area contributed by atoms with Gasteiger partial charge in [0.2, 0.25) is 9.84 Å². The summed E-state index contributed by atoms with van der Waals surface area (Å²) < 4.78 is 23.8. The second-order valence-corrected chi connectivity index (χ2v) is 5.00. The molecule has 1 aromatic carbocycles. The number of nitrogens with zero attached hydrogens (tertiary/aromatic N) is 1. The summed E-state index contributed by atoms with van der Waals surface area (Å²) >= 11 is 0. The smallest absolute Gasteiger partial charge is 0.210 e. The Kier molecular flexibility index (Phi) is 1.24. The number of hydrogen-bond acceptors (Lipinski definition) is 3. The fourth-order valence-electron chi connectivity index (χ4n) is 1.70. The second-order valence-electron chi connectivity index (χ2n) is 3.11. The molecule has 0 atom stereocenters. The average Bonchev–Trinajstić information content (AvgIpc) is 2.72. The molecule has 0 bridgehead atoms. The van der Waals surface area contributed by atoms with Crippen molar-refractivity contribution in [1.82, 2.24) is 10.2 Å². The topological polar surface area (TPSA) is 62.8 Å². The van der Waals surface area contributed by atoms with E-state index < -0.39 is 9.84 Å². The Hall–Kier alpha value is -1.62. The lowest BCUT2D eigenvalue weighted by atomic mass is 10.2. The van der Waals surface area contributed by atoms with Crippen molar-refractivity contribution >= 4 is 9.84 Å². The van der Waals surface area contributed by atoms with Crippen LogP contribution >= 0.6 is 0 Å². The van der Waals surface area contributed by atoms with Gasteiger partial charge in [-0.25, -0.2) is 8.42 Å². The Morgan fingerprint density at radius 3 is 2.79 bits per heavy atom. The summed E-state index contributed by atoms with van der Waals surface area (Å²) in [6.45, 7) is 0. The van der Waals surface area contributed by atoms with Crippen molar-refractivity contribution in [2.45, 2.75) is 9.79 Å². The third-order valence-electron chi connectivity index (χ3n) is 2.34. The van der Waals surface area contributed by atoms with E-state index in [9.17, 15) is 8.42 Å². The van der Waals surface area contributed by atoms with Crippen molar-refractivity contribution in [2.75, 3.05) is 0 Å². The highest BCUT2D eigenvalue weighted by Gasteiger charge is 2.33. The van der Waals surface area contributed by atoms with E-state index in [1.54, 1.807) is 18.2 Å². The number of rotatable bonds is 0. The molecule has 2 heterocycles. The number of benzene rings is 1. The van der Waals surface area contributed by atoms with Gasteiger partial charge >= 0.3 is 0 Å². The first-order chi connectivity index (χ1) is 6.71. The largest absolute Gasteiger partial charge is 0.276 e. The van der Waals surface area contributed by atoms with Crippen LogP contribution in [0.4, 0.5) is 0 Å². The molecule has 3 rings (SSSR count). The highest BCUT2D eigenvalue weighted by atomic mass is 32.2. The van der Waals surface area contributed by atoms with E-state index in [1.807, 2.05) is 6.07 Å². The van der Waals surface area contributed by atoms with Crippen LogP contribution in [0.3, 0.4) is 0 Å². The molecule has 0 unspecified atom stereocenters. The molecule has 1 aromatic heterocycles. The third kappa shape index (κ3) is 0.730. The van der Waals surface area contributed by atoms with Crippen LogP contribution in [0.2, 0.25) is 0 Å². The van der Waals surface area contributed by atoms with Gasteiger partial charge in [-0.1, -0.05) is 18.2 Å². The van der Waals surface area contributed by atoms with Crippen LogP contribution in [0, 0.1) is 0 Å². The molecule has 0 saturated carbocycles. The van der Waals surface area contributed by atoms with Gasteiger partial charge in [0, 0.05) is 5.56 Å². The third-order valence-corrected chi connectivity index (χ3v) is 4.16. The molecule has 1 N–H and O–H groups in total. The molecule has 2 aromatic rings. The normalized spacial score (nSPS) is 16.3. The molecule has 0 fully saturated rings. The molecule has 5 heteroatoms. The summed E-state index contributed by atoms with van der Waals surface area (Å²) in [4.78, 5) is 0.641. The molecular weight excluding hydrogens is 200 g/mol. The van der Waals surface area contributed by atoms with Crippen LogP contribution in [0.25, 0.3) is 11.3 Å². The number of hydrogen-bond donors (Lipinski definition) is 1. The molecule has 14 heavy (non-hydrogen) atoms. The van der Waals surface area contributed by atoms with Gasteiger partial charge in [-0.3, -0.25) is 5.10 Å². The summed E-state index contributed by atoms with van der Waals surface area (Å²) in [6.07, 6.45) is 1.35. The molecule has 1 aliphatic rings. The van der Waals surface area contributed by atoms with Gasteiger partial charge in [0.05, 0.1) is 16.8 Å². The maximum Gasteiger partial charge on any atom is 0.210 e. The highest BCUT2D eigenvalue weighted by Crippen LogP contribution is 2.40. The minimum atomic E-state index is -3.32. The number of aromatic nitrogens is 2. The van der Waals surface area contributed by atoms with Gasteiger partial charge in [0.1, 0.15) is 4.90 Å². The highest BCUT2D eigenvalue weighted by molar-refractivity contribution is 7.92. The van der Waals surface area contributed by atoms with Gasteiger partial charge in [0.15, 0.2) is 0 Å². The van der Waals surface area contributed by atoms with Crippen LogP contribution in [0.5, 0.6) is 0 Å². The van der Waals surface area contributed by atoms with Crippen molar-refractivity contribution in [1.29, 1.82) is 0 Å². The molecule has 0 saturated heterocycles. The molecule has 0 aliphatic carbocycles. The van der Waals surface area contributed by atoms with Gasteiger partial charge in [-0.2, -0.15) is 5.10 Å². The van der Waals surface area contributed by atoms with E-state index in [4.69, 9.17) is 0 Å². The van der Waals surface area contributed by atoms with E-state index >= 15 is 0 Å². The lowest BCUT2D eigenvalue weighted by molar-refractivity contribution is 0.598. The second kappa shape index (κ2) is 2.24. The summed E-state index contributed by atoms with van der Waals surface area (Å²) in [6, 6.07) is 6.91. The molecule has 1 aliphatic heterocycles. The van der Waals surface area contributed by atoms with Crippen molar-refractivity contribution in [2.24, 2.45) is 0 Å². The Labute approximate surface area is 80.5 Å². The molecule has 70 valence electrons. The zero-order valence-electron chi connectivity index (χ0n) is 7.06. The van der Waals surface area contributed by atoms with Gasteiger partial charge in [0.25, 0.3) is 0 Å². The van der Waals surface area contributed by atoms with Crippen LogP contribution in [-0.2, 0) is 9.84 Å². The van der Waals surface area contributed by atoms with Crippen LogP contribution in [-0.4, -0.2) is 18.6 Å². The van der Waals surface area contributed by atoms with Crippen molar-refractivity contribution in [3.63, 3.8) is 0 Å². The molecular formula is C9H6N2O2S. The Bertz CT molecular complexity index is 613. The Morgan fingerprint density at radius 1 is 1.14 bits per heavy atom. The zero-order chi connectivity index (χ0) is 9.76. The number of aromatic amines is 1. The van der Waals surface area contributed by atoms with Crippen molar-refractivity contribution in [3.8, 4) is 11.3 Å². The first-order valence-electron chi connectivity index (χ1n) is 4.09. The average molecular weight is 206 g/mol. The van der Waals surface area contributed by atoms with E-state index in [0.717, 1.165) is 0 Å². The quantitative estimate of drug-likeness (QED) is 0.601. The minimum absolute atomic E-state index is 0.277. The summed E-state index contributed by atoms with van der Waals surface area (Å²) in [5.74, 6) is 0. The molecule has 0 spiro atoms. The minimum Gasteiger partial charge on any atom is -0.276 e. The molecule has 4 nitrogen and oxygen atoms in total. The lowest BCUT2D eigenvalue weighted by Crippen LogP contribution is -1.95. The van der Waals surface area contributed by atoms with Crippen LogP contribution < -0.4 is 0 Å². The molecule has 0 radical (unpaired) electrons. The number of sulfone groups is 1. The Balaban J connectivity index is 2.55. The monoisotopic (exact) mass is 206 g/mol. The predicted octanol–water partition coefficient (Wildman–Crippen LogP) is 1.22. The van der Waals surface area contributed by atoms with Gasteiger partial charge in [-0.15, -0.1) is 0 Å². The van der Waals surface area contributed by atoms with E-state index in [1.165, 1.54) is 6.20 Å². The first-order valence-corrected chi connectivity index (χ1v) is 5.57. The van der Waals surface area contributed by atoms with Gasteiger partial charge in [-0.05, 0) is 6.07 Å². The van der Waals surface area contributed by atoms with E-state index in [0.29, 0.717) is 16.2 Å². The van der Waals surface area contributed by atoms with E-state index in [-0.39, 0.29) is 4.90 Å². The van der Waals surface area contributed by atoms with Crippen LogP contribution in [0.1, 0.15) is 0 Å². The predicted molar refractivity (Wildman–Crippen MR) is 49.5 cm³/mol. The Morgan fingerprint density at radius 2 is 1.93 bits per heavy atom. The SMILES string of the molecule is O=S1(=O)c2ccccc2-c2[nH]ncc21. The number of nitrogens with one attached hydrogen (secondary N) is 1. The van der Waals surface area contributed by atoms with E-state index in [2.05, 4.69) is 10.2 Å². The first kappa shape index (κ1) is 7.75. The summed E-state index contributed by atoms with van der Waals surface area (Å²) in [5.41, 5.74) is 1.31. The lowest BCUT2D eigenvalue weighted by Gasteiger charge is -1.96. The van der Waals surface area contributed by atoms with Crippen molar-refractivity contribution in [3.05, 3.63) is 30.5 Å². The van der Waals surface area contributed by atoms with Crippen LogP contribution in [0.15, 0.2) is 40.3 Å². The summed E-state index contributed by atoms with van der Waals surface area (Å²) in [7, 11) is -3.32. The standard InChI is InChI=1S/C9H6N2O2S/c12-14(13)7-4-2-1-3-6(7)9-8(14)5-10-11-9/h1-5H,(H,10,11). The summed E-state index contributed by atoms with van der Waals surface area (Å²) in [5, 5.41) is 6.43. The van der Waals surface area contributed by atoms with Crippen molar-refractivity contribution < 1.29 is 8.42 Å². The van der Waals surface area contributed by atoms with Gasteiger partial charge < -0.3 is 0 Å². The zero-order valence-corrected chi connectivity index (χ0v) is 7.88. The maximum absolute atomic E-state index is 11.9. The fourth-order valence-corrected chi connectivity index (χ4v) is 3.27. The number of fused-ring (bicyclic) bond motifs is 3. The maximum atomic E-state index is 11.9. The fraction of sp³-hybridized carbons (Fsp3) is 0. The molecule has 0 amide bonds.